The van der Waals surface area contributed by atoms with Gasteiger partial charge in [-0.3, -0.25) is 0 Å². The van der Waals surface area contributed by atoms with Crippen LogP contribution in [0, 0.1) is 11.3 Å². The van der Waals surface area contributed by atoms with E-state index in [4.69, 9.17) is 5.26 Å². The van der Waals surface area contributed by atoms with Crippen LogP contribution in [0.1, 0.15) is 43.2 Å². The number of nitrogens with zero attached hydrogens (tertiary/aromatic N) is 2. The summed E-state index contributed by atoms with van der Waals surface area (Å²) in [5, 5.41) is 12.7. The summed E-state index contributed by atoms with van der Waals surface area (Å²) in [7, 11) is 4.38. The molecule has 20 heavy (non-hydrogen) atoms. The van der Waals surface area contributed by atoms with Gasteiger partial charge < -0.3 is 10.2 Å². The fourth-order valence-corrected chi connectivity index (χ4v) is 3.21. The molecule has 3 heteroatoms. The second-order valence-corrected chi connectivity index (χ2v) is 6.05. The molecule has 0 saturated heterocycles. The zero-order chi connectivity index (χ0) is 14.4. The normalized spacial score (nSPS) is 17.9. The van der Waals surface area contributed by atoms with Gasteiger partial charge in [0.25, 0.3) is 0 Å². The molecule has 0 aliphatic heterocycles. The van der Waals surface area contributed by atoms with Gasteiger partial charge in [-0.15, -0.1) is 0 Å². The van der Waals surface area contributed by atoms with Gasteiger partial charge in [0, 0.05) is 18.6 Å². The third-order valence-electron chi connectivity index (χ3n) is 4.64. The van der Waals surface area contributed by atoms with E-state index in [1.807, 2.05) is 24.3 Å². The first-order chi connectivity index (χ1) is 9.68. The molecule has 0 heterocycles. The van der Waals surface area contributed by atoms with Crippen molar-refractivity contribution in [3.05, 3.63) is 35.4 Å². The maximum absolute atomic E-state index is 9.12. The largest absolute Gasteiger partial charge is 0.311 e. The van der Waals surface area contributed by atoms with Crippen molar-refractivity contribution in [2.45, 2.75) is 44.2 Å². The Morgan fingerprint density at radius 3 is 2.55 bits per heavy atom. The third kappa shape index (κ3) is 3.39. The van der Waals surface area contributed by atoms with E-state index in [0.29, 0.717) is 5.54 Å². The number of nitrogens with one attached hydrogen (secondary N) is 1. The minimum Gasteiger partial charge on any atom is -0.311 e. The lowest BCUT2D eigenvalue weighted by atomic mass is 9.80. The summed E-state index contributed by atoms with van der Waals surface area (Å²) in [4.78, 5) is 2.38. The Labute approximate surface area is 122 Å². The Morgan fingerprint density at radius 2 is 1.90 bits per heavy atom. The van der Waals surface area contributed by atoms with E-state index in [9.17, 15) is 0 Å². The van der Waals surface area contributed by atoms with Crippen LogP contribution in [-0.4, -0.2) is 31.1 Å². The summed E-state index contributed by atoms with van der Waals surface area (Å²) in [6, 6.07) is 10.1. The second-order valence-electron chi connectivity index (χ2n) is 6.05. The summed E-state index contributed by atoms with van der Waals surface area (Å²) in [6.07, 6.45) is 6.57. The molecule has 2 rings (SSSR count). The van der Waals surface area contributed by atoms with Crippen molar-refractivity contribution >= 4 is 0 Å². The van der Waals surface area contributed by atoms with Crippen LogP contribution in [0.5, 0.6) is 0 Å². The van der Waals surface area contributed by atoms with Crippen molar-refractivity contribution in [2.24, 2.45) is 0 Å². The molecule has 1 aliphatic rings. The average molecular weight is 271 g/mol. The van der Waals surface area contributed by atoms with Gasteiger partial charge in [-0.05, 0) is 38.6 Å². The number of hydrogen-bond donors (Lipinski definition) is 1. The number of likely N-dealkylation sites (N-methyl/N-ethyl adjacent to an activating group) is 1. The van der Waals surface area contributed by atoms with Crippen LogP contribution in [0.15, 0.2) is 24.3 Å². The fraction of sp³-hybridized carbons (Fsp3) is 0.588. The van der Waals surface area contributed by atoms with Crippen LogP contribution < -0.4 is 5.32 Å². The number of benzene rings is 1. The van der Waals surface area contributed by atoms with Crippen LogP contribution in [0.4, 0.5) is 0 Å². The van der Waals surface area contributed by atoms with E-state index in [2.05, 4.69) is 30.4 Å². The zero-order valence-corrected chi connectivity index (χ0v) is 12.7. The van der Waals surface area contributed by atoms with Crippen molar-refractivity contribution < 1.29 is 0 Å². The van der Waals surface area contributed by atoms with Crippen LogP contribution >= 0.6 is 0 Å². The highest BCUT2D eigenvalue weighted by molar-refractivity contribution is 5.37. The summed E-state index contributed by atoms with van der Waals surface area (Å²) in [5.74, 6) is 0. The molecule has 0 amide bonds. The van der Waals surface area contributed by atoms with Crippen molar-refractivity contribution in [1.82, 2.24) is 10.2 Å². The lowest BCUT2D eigenvalue weighted by Gasteiger charge is -2.43. The predicted molar refractivity (Wildman–Crippen MR) is 82.4 cm³/mol. The quantitative estimate of drug-likeness (QED) is 0.895. The van der Waals surface area contributed by atoms with E-state index < -0.39 is 0 Å². The molecule has 108 valence electrons. The summed E-state index contributed by atoms with van der Waals surface area (Å²) in [5.41, 5.74) is 2.17. The van der Waals surface area contributed by atoms with Gasteiger partial charge in [0.15, 0.2) is 0 Å². The number of rotatable bonds is 5. The van der Waals surface area contributed by atoms with Gasteiger partial charge in [0.1, 0.15) is 0 Å². The molecule has 0 spiro atoms. The maximum atomic E-state index is 9.12. The molecule has 1 fully saturated rings. The first-order valence-electron chi connectivity index (χ1n) is 7.54. The monoisotopic (exact) mass is 271 g/mol. The Balaban J connectivity index is 1.95. The second kappa shape index (κ2) is 6.88. The van der Waals surface area contributed by atoms with E-state index in [-0.39, 0.29) is 0 Å². The molecule has 1 aromatic carbocycles. The molecule has 0 unspecified atom stereocenters. The Morgan fingerprint density at radius 1 is 1.20 bits per heavy atom. The lowest BCUT2D eigenvalue weighted by molar-refractivity contribution is 0.0984. The lowest BCUT2D eigenvalue weighted by Crippen LogP contribution is -2.52. The summed E-state index contributed by atoms with van der Waals surface area (Å²) in [6.45, 7) is 1.78. The highest BCUT2D eigenvalue weighted by Crippen LogP contribution is 2.31. The van der Waals surface area contributed by atoms with Gasteiger partial charge in [0.05, 0.1) is 11.6 Å². The Bertz CT molecular complexity index is 467. The standard InChI is InChI=1S/C17H25N3/c1-20(2)17(10-6-3-7-11-17)14-19-13-16-9-5-4-8-15(16)12-18/h4-5,8-9,19H,3,6-7,10-11,13-14H2,1-2H3. The van der Waals surface area contributed by atoms with E-state index in [1.165, 1.54) is 32.1 Å². The van der Waals surface area contributed by atoms with Crippen molar-refractivity contribution in [2.75, 3.05) is 20.6 Å². The topological polar surface area (TPSA) is 39.1 Å². The van der Waals surface area contributed by atoms with E-state index >= 15 is 0 Å². The van der Waals surface area contributed by atoms with E-state index in [1.54, 1.807) is 0 Å². The molecule has 0 atom stereocenters. The smallest absolute Gasteiger partial charge is 0.0995 e. The predicted octanol–water partition coefficient (Wildman–Crippen LogP) is 2.91. The summed E-state index contributed by atoms with van der Waals surface area (Å²) >= 11 is 0. The van der Waals surface area contributed by atoms with Crippen LogP contribution in [0.3, 0.4) is 0 Å². The van der Waals surface area contributed by atoms with Crippen molar-refractivity contribution in [1.29, 1.82) is 5.26 Å². The Kier molecular flexibility index (Phi) is 5.17. The fourth-order valence-electron chi connectivity index (χ4n) is 3.21. The van der Waals surface area contributed by atoms with Crippen LogP contribution in [0.25, 0.3) is 0 Å². The molecule has 1 N–H and O–H groups in total. The minimum atomic E-state index is 0.292. The van der Waals surface area contributed by atoms with Gasteiger partial charge in [-0.2, -0.15) is 5.26 Å². The molecular weight excluding hydrogens is 246 g/mol. The molecular formula is C17H25N3. The number of hydrogen-bond acceptors (Lipinski definition) is 3. The average Bonchev–Trinajstić information content (AvgIpc) is 2.48. The summed E-state index contributed by atoms with van der Waals surface area (Å²) < 4.78 is 0. The van der Waals surface area contributed by atoms with Crippen LogP contribution in [-0.2, 0) is 6.54 Å². The first-order valence-corrected chi connectivity index (χ1v) is 7.54. The molecule has 1 saturated carbocycles. The maximum Gasteiger partial charge on any atom is 0.0995 e. The molecule has 0 radical (unpaired) electrons. The first kappa shape index (κ1) is 15.0. The van der Waals surface area contributed by atoms with Gasteiger partial charge in [0.2, 0.25) is 0 Å². The van der Waals surface area contributed by atoms with Gasteiger partial charge in [-0.1, -0.05) is 37.5 Å². The highest BCUT2D eigenvalue weighted by atomic mass is 15.2. The molecule has 0 aromatic heterocycles. The number of nitriles is 1. The highest BCUT2D eigenvalue weighted by Gasteiger charge is 2.33. The van der Waals surface area contributed by atoms with Crippen molar-refractivity contribution in [3.63, 3.8) is 0 Å². The van der Waals surface area contributed by atoms with Gasteiger partial charge in [-0.25, -0.2) is 0 Å². The van der Waals surface area contributed by atoms with Crippen LogP contribution in [0.2, 0.25) is 0 Å². The molecule has 1 aromatic rings. The molecule has 0 bridgehead atoms. The van der Waals surface area contributed by atoms with E-state index in [0.717, 1.165) is 24.2 Å². The molecule has 3 nitrogen and oxygen atoms in total. The SMILES string of the molecule is CN(C)C1(CNCc2ccccc2C#N)CCCCC1. The zero-order valence-electron chi connectivity index (χ0n) is 12.7. The van der Waals surface area contributed by atoms with Crippen molar-refractivity contribution in [3.8, 4) is 6.07 Å². The molecule has 1 aliphatic carbocycles. The minimum absolute atomic E-state index is 0.292. The van der Waals surface area contributed by atoms with Gasteiger partial charge >= 0.3 is 0 Å². The Hall–Kier alpha value is -1.37. The third-order valence-corrected chi connectivity index (χ3v) is 4.64.